The van der Waals surface area contributed by atoms with E-state index < -0.39 is 0 Å². The number of hydrogen-bond donors (Lipinski definition) is 0. The molecule has 23 heavy (non-hydrogen) atoms. The lowest BCUT2D eigenvalue weighted by atomic mass is 10.2. The largest absolute Gasteiger partial charge is 0.346 e. The molecular weight excluding hydrogens is 316 g/mol. The molecule has 6 nitrogen and oxygen atoms in total. The lowest BCUT2D eigenvalue weighted by molar-refractivity contribution is 0.0681. The Morgan fingerprint density at radius 2 is 1.91 bits per heavy atom. The summed E-state index contributed by atoms with van der Waals surface area (Å²) < 4.78 is 2.89. The van der Waals surface area contributed by atoms with Crippen molar-refractivity contribution >= 4 is 17.5 Å². The van der Waals surface area contributed by atoms with Crippen LogP contribution in [-0.2, 0) is 19.6 Å². The van der Waals surface area contributed by atoms with Gasteiger partial charge in [0.1, 0.15) is 0 Å². The van der Waals surface area contributed by atoms with Gasteiger partial charge in [-0.3, -0.25) is 9.36 Å². The molecule has 2 heterocycles. The van der Waals surface area contributed by atoms with Crippen LogP contribution >= 0.6 is 11.6 Å². The number of halogens is 1. The molecule has 1 aliphatic rings. The van der Waals surface area contributed by atoms with E-state index in [4.69, 9.17) is 11.6 Å². The Bertz CT molecular complexity index is 763. The molecule has 0 fully saturated rings. The Balaban J connectivity index is 1.80. The molecule has 0 atom stereocenters. The molecule has 0 saturated carbocycles. The number of fused-ring (bicyclic) bond motifs is 1. The van der Waals surface area contributed by atoms with Crippen molar-refractivity contribution in [2.45, 2.75) is 39.4 Å². The number of aryl methyl sites for hydroxylation is 1. The van der Waals surface area contributed by atoms with Crippen molar-refractivity contribution in [3.63, 3.8) is 0 Å². The van der Waals surface area contributed by atoms with E-state index >= 15 is 0 Å². The number of unbranched alkanes of at least 4 members (excludes halogenated alkanes) is 1. The molecule has 0 spiro atoms. The number of amides is 1. The summed E-state index contributed by atoms with van der Waals surface area (Å²) in [5.41, 5.74) is 0.817. The third kappa shape index (κ3) is 3.17. The first kappa shape index (κ1) is 15.8. The maximum absolute atomic E-state index is 12.6. The fraction of sp³-hybridized carbons (Fsp3) is 0.438. The van der Waals surface area contributed by atoms with Crippen LogP contribution in [-0.4, -0.2) is 31.7 Å². The van der Waals surface area contributed by atoms with E-state index in [0.717, 1.165) is 18.4 Å². The van der Waals surface area contributed by atoms with Gasteiger partial charge in [-0.25, -0.2) is 9.48 Å². The van der Waals surface area contributed by atoms with Crippen LogP contribution in [0.3, 0.4) is 0 Å². The van der Waals surface area contributed by atoms with Crippen LogP contribution in [0.2, 0.25) is 5.02 Å². The summed E-state index contributed by atoms with van der Waals surface area (Å²) in [4.78, 5) is 26.6. The molecule has 2 aromatic rings. The van der Waals surface area contributed by atoms with Gasteiger partial charge < -0.3 is 4.90 Å². The van der Waals surface area contributed by atoms with Crippen LogP contribution in [0, 0.1) is 0 Å². The molecular formula is C16H19ClN4O2. The van der Waals surface area contributed by atoms with Gasteiger partial charge in [-0.15, -0.1) is 5.10 Å². The van der Waals surface area contributed by atoms with Crippen molar-refractivity contribution in [1.82, 2.24) is 19.2 Å². The molecule has 1 aliphatic heterocycles. The number of rotatable bonds is 5. The molecule has 0 bridgehead atoms. The molecule has 0 unspecified atom stereocenters. The number of aromatic nitrogens is 3. The standard InChI is InChI=1S/C16H19ClN4O2/c1-2-3-8-21-16(23)20-10-9-19(15(22)14(20)18-21)11-12-4-6-13(17)7-5-12/h4-7H,2-3,8-11H2,1H3. The SMILES string of the molecule is CCCCn1nc2n(c1=O)CCN(Cc1ccc(Cl)cc1)C2=O. The first-order valence-corrected chi connectivity index (χ1v) is 8.19. The predicted molar refractivity (Wildman–Crippen MR) is 87.6 cm³/mol. The molecule has 1 aromatic heterocycles. The zero-order chi connectivity index (χ0) is 16.4. The number of carbonyl (C=O) groups excluding carboxylic acids is 1. The highest BCUT2D eigenvalue weighted by molar-refractivity contribution is 6.30. The monoisotopic (exact) mass is 334 g/mol. The Morgan fingerprint density at radius 1 is 1.17 bits per heavy atom. The second-order valence-corrected chi connectivity index (χ2v) is 6.12. The number of hydrogen-bond acceptors (Lipinski definition) is 3. The molecule has 0 N–H and O–H groups in total. The summed E-state index contributed by atoms with van der Waals surface area (Å²) >= 11 is 5.88. The third-order valence-corrected chi connectivity index (χ3v) is 4.26. The lowest BCUT2D eigenvalue weighted by Gasteiger charge is -2.26. The summed E-state index contributed by atoms with van der Waals surface area (Å²) in [6.45, 7) is 4.10. The molecule has 7 heteroatoms. The average molecular weight is 335 g/mol. The number of nitrogens with zero attached hydrogens (tertiary/aromatic N) is 4. The highest BCUT2D eigenvalue weighted by Crippen LogP contribution is 2.15. The van der Waals surface area contributed by atoms with Crippen molar-refractivity contribution < 1.29 is 4.79 Å². The number of benzene rings is 1. The molecule has 122 valence electrons. The van der Waals surface area contributed by atoms with Crippen LogP contribution in [0.25, 0.3) is 0 Å². The fourth-order valence-corrected chi connectivity index (χ4v) is 2.81. The van der Waals surface area contributed by atoms with Gasteiger partial charge in [0.25, 0.3) is 5.91 Å². The van der Waals surface area contributed by atoms with E-state index in [9.17, 15) is 9.59 Å². The molecule has 3 rings (SSSR count). The van der Waals surface area contributed by atoms with Gasteiger partial charge in [0.15, 0.2) is 0 Å². The van der Waals surface area contributed by atoms with Gasteiger partial charge in [-0.1, -0.05) is 37.1 Å². The first-order valence-electron chi connectivity index (χ1n) is 7.81. The van der Waals surface area contributed by atoms with Crippen LogP contribution in [0.15, 0.2) is 29.1 Å². The van der Waals surface area contributed by atoms with E-state index in [0.29, 0.717) is 31.2 Å². The molecule has 0 saturated heterocycles. The van der Waals surface area contributed by atoms with E-state index in [-0.39, 0.29) is 17.4 Å². The average Bonchev–Trinajstić information content (AvgIpc) is 2.87. The van der Waals surface area contributed by atoms with Gasteiger partial charge in [0.2, 0.25) is 5.82 Å². The van der Waals surface area contributed by atoms with Crippen molar-refractivity contribution in [2.75, 3.05) is 6.54 Å². The minimum absolute atomic E-state index is 0.187. The zero-order valence-electron chi connectivity index (χ0n) is 13.0. The molecule has 1 amide bonds. The van der Waals surface area contributed by atoms with Gasteiger partial charge in [-0.2, -0.15) is 0 Å². The summed E-state index contributed by atoms with van der Waals surface area (Å²) in [5, 5.41) is 4.90. The second-order valence-electron chi connectivity index (χ2n) is 5.69. The topological polar surface area (TPSA) is 60.1 Å². The quantitative estimate of drug-likeness (QED) is 0.841. The Hall–Kier alpha value is -2.08. The van der Waals surface area contributed by atoms with E-state index in [1.165, 1.54) is 9.25 Å². The Kier molecular flexibility index (Phi) is 4.52. The highest BCUT2D eigenvalue weighted by atomic mass is 35.5. The number of carbonyl (C=O) groups is 1. The molecule has 0 aliphatic carbocycles. The molecule has 1 aromatic carbocycles. The summed E-state index contributed by atoms with van der Waals surface area (Å²) in [7, 11) is 0. The summed E-state index contributed by atoms with van der Waals surface area (Å²) in [6.07, 6.45) is 1.85. The van der Waals surface area contributed by atoms with Crippen molar-refractivity contribution in [1.29, 1.82) is 0 Å². The van der Waals surface area contributed by atoms with Crippen LogP contribution in [0.1, 0.15) is 35.9 Å². The summed E-state index contributed by atoms with van der Waals surface area (Å²) in [5.74, 6) is 0.0462. The minimum Gasteiger partial charge on any atom is -0.330 e. The van der Waals surface area contributed by atoms with Crippen LogP contribution < -0.4 is 5.69 Å². The Labute approximate surface area is 139 Å². The predicted octanol–water partition coefficient (Wildman–Crippen LogP) is 2.15. The van der Waals surface area contributed by atoms with E-state index in [1.807, 2.05) is 12.1 Å². The van der Waals surface area contributed by atoms with Crippen molar-refractivity contribution in [3.05, 3.63) is 51.2 Å². The smallest absolute Gasteiger partial charge is 0.330 e. The normalized spacial score (nSPS) is 14.2. The van der Waals surface area contributed by atoms with Gasteiger partial charge >= 0.3 is 5.69 Å². The highest BCUT2D eigenvalue weighted by Gasteiger charge is 2.29. The Morgan fingerprint density at radius 3 is 2.61 bits per heavy atom. The minimum atomic E-state index is -0.196. The fourth-order valence-electron chi connectivity index (χ4n) is 2.68. The van der Waals surface area contributed by atoms with Crippen molar-refractivity contribution in [3.8, 4) is 0 Å². The lowest BCUT2D eigenvalue weighted by Crippen LogP contribution is -2.42. The van der Waals surface area contributed by atoms with E-state index in [1.54, 1.807) is 17.0 Å². The maximum atomic E-state index is 12.6. The van der Waals surface area contributed by atoms with E-state index in [2.05, 4.69) is 12.0 Å². The first-order chi connectivity index (χ1) is 11.1. The summed E-state index contributed by atoms with van der Waals surface area (Å²) in [6, 6.07) is 7.41. The van der Waals surface area contributed by atoms with Gasteiger partial charge in [-0.05, 0) is 24.1 Å². The van der Waals surface area contributed by atoms with Crippen LogP contribution in [0.4, 0.5) is 0 Å². The molecule has 0 radical (unpaired) electrons. The van der Waals surface area contributed by atoms with Crippen molar-refractivity contribution in [2.24, 2.45) is 0 Å². The van der Waals surface area contributed by atoms with Gasteiger partial charge in [0, 0.05) is 31.2 Å². The second kappa shape index (κ2) is 6.58. The van der Waals surface area contributed by atoms with Crippen LogP contribution in [0.5, 0.6) is 0 Å². The zero-order valence-corrected chi connectivity index (χ0v) is 13.8. The maximum Gasteiger partial charge on any atom is 0.346 e. The van der Waals surface area contributed by atoms with Gasteiger partial charge in [0.05, 0.1) is 0 Å². The third-order valence-electron chi connectivity index (χ3n) is 4.00.